The van der Waals surface area contributed by atoms with Crippen LogP contribution in [0.4, 0.5) is 13.2 Å². The molecular formula is C11H16F3N3O. The molecule has 1 aliphatic rings. The van der Waals surface area contributed by atoms with Crippen LogP contribution in [0.1, 0.15) is 50.7 Å². The zero-order valence-electron chi connectivity index (χ0n) is 10.1. The van der Waals surface area contributed by atoms with Gasteiger partial charge in [0, 0.05) is 0 Å². The summed E-state index contributed by atoms with van der Waals surface area (Å²) >= 11 is 0. The van der Waals surface area contributed by atoms with E-state index in [0.29, 0.717) is 18.8 Å². The van der Waals surface area contributed by atoms with Gasteiger partial charge in [0.15, 0.2) is 0 Å². The summed E-state index contributed by atoms with van der Waals surface area (Å²) in [7, 11) is 0. The van der Waals surface area contributed by atoms with Crippen molar-refractivity contribution in [3.63, 3.8) is 0 Å². The van der Waals surface area contributed by atoms with Gasteiger partial charge in [0.05, 0.1) is 5.54 Å². The molecule has 1 saturated carbocycles. The second-order valence-corrected chi connectivity index (χ2v) is 4.93. The van der Waals surface area contributed by atoms with Gasteiger partial charge in [0.2, 0.25) is 5.89 Å². The normalized spacial score (nSPS) is 29.5. The number of halogens is 3. The van der Waals surface area contributed by atoms with E-state index in [0.717, 1.165) is 19.3 Å². The van der Waals surface area contributed by atoms with Gasteiger partial charge in [-0.15, -0.1) is 0 Å². The molecular weight excluding hydrogens is 247 g/mol. The molecule has 0 aliphatic heterocycles. The highest BCUT2D eigenvalue weighted by Crippen LogP contribution is 2.38. The zero-order chi connectivity index (χ0) is 13.4. The molecule has 1 aliphatic carbocycles. The van der Waals surface area contributed by atoms with Crippen molar-refractivity contribution in [1.82, 2.24) is 10.1 Å². The van der Waals surface area contributed by atoms with Gasteiger partial charge in [-0.05, 0) is 31.6 Å². The average Bonchev–Trinajstić information content (AvgIpc) is 2.79. The Bertz CT molecular complexity index is 408. The van der Waals surface area contributed by atoms with E-state index in [4.69, 9.17) is 10.3 Å². The standard InChI is InChI=1S/C11H16F3N3O/c1-2-7-3-5-10(15,6-4-7)9-16-8(17-18-9)11(12,13)14/h7H,2-6,15H2,1H3. The molecule has 1 heterocycles. The number of hydrogen-bond acceptors (Lipinski definition) is 4. The number of nitrogens with two attached hydrogens (primary N) is 1. The van der Waals surface area contributed by atoms with Gasteiger partial charge >= 0.3 is 6.18 Å². The van der Waals surface area contributed by atoms with Crippen molar-refractivity contribution in [2.75, 3.05) is 0 Å². The Morgan fingerprint density at radius 1 is 1.39 bits per heavy atom. The lowest BCUT2D eigenvalue weighted by molar-refractivity contribution is -0.146. The van der Waals surface area contributed by atoms with E-state index in [1.165, 1.54) is 0 Å². The highest BCUT2D eigenvalue weighted by atomic mass is 19.4. The minimum absolute atomic E-state index is 0.0932. The maximum Gasteiger partial charge on any atom is 0.455 e. The smallest absolute Gasteiger partial charge is 0.337 e. The van der Waals surface area contributed by atoms with E-state index >= 15 is 0 Å². The molecule has 4 nitrogen and oxygen atoms in total. The minimum atomic E-state index is -4.58. The highest BCUT2D eigenvalue weighted by molar-refractivity contribution is 5.05. The molecule has 18 heavy (non-hydrogen) atoms. The van der Waals surface area contributed by atoms with Crippen molar-refractivity contribution in [3.8, 4) is 0 Å². The third kappa shape index (κ3) is 2.50. The van der Waals surface area contributed by atoms with Crippen LogP contribution >= 0.6 is 0 Å². The first-order chi connectivity index (χ1) is 8.35. The van der Waals surface area contributed by atoms with Crippen molar-refractivity contribution in [2.45, 2.75) is 50.7 Å². The molecule has 7 heteroatoms. The Hall–Kier alpha value is -1.11. The maximum absolute atomic E-state index is 12.4. The van der Waals surface area contributed by atoms with Crippen LogP contribution in [0.5, 0.6) is 0 Å². The van der Waals surface area contributed by atoms with Gasteiger partial charge in [0.1, 0.15) is 0 Å². The lowest BCUT2D eigenvalue weighted by atomic mass is 9.76. The molecule has 1 aromatic heterocycles. The molecule has 2 N–H and O–H groups in total. The van der Waals surface area contributed by atoms with Gasteiger partial charge in [-0.2, -0.15) is 18.2 Å². The fourth-order valence-corrected chi connectivity index (χ4v) is 2.36. The first kappa shape index (κ1) is 13.3. The Kier molecular flexibility index (Phi) is 3.35. The van der Waals surface area contributed by atoms with Crippen LogP contribution in [0.25, 0.3) is 0 Å². The third-order valence-corrected chi connectivity index (χ3v) is 3.68. The number of aromatic nitrogens is 2. The Labute approximate surface area is 103 Å². The summed E-state index contributed by atoms with van der Waals surface area (Å²) in [6, 6.07) is 0. The van der Waals surface area contributed by atoms with Crippen molar-refractivity contribution < 1.29 is 17.7 Å². The van der Waals surface area contributed by atoms with E-state index in [1.807, 2.05) is 0 Å². The summed E-state index contributed by atoms with van der Waals surface area (Å²) in [5.41, 5.74) is 5.19. The first-order valence-electron chi connectivity index (χ1n) is 6.05. The fourth-order valence-electron chi connectivity index (χ4n) is 2.36. The Morgan fingerprint density at radius 3 is 2.44 bits per heavy atom. The van der Waals surface area contributed by atoms with E-state index in [9.17, 15) is 13.2 Å². The summed E-state index contributed by atoms with van der Waals surface area (Å²) in [5, 5.41) is 2.96. The third-order valence-electron chi connectivity index (χ3n) is 3.68. The molecule has 1 aromatic rings. The molecule has 102 valence electrons. The topological polar surface area (TPSA) is 64.9 Å². The van der Waals surface area contributed by atoms with Crippen LogP contribution in [-0.4, -0.2) is 10.1 Å². The lowest BCUT2D eigenvalue weighted by Crippen LogP contribution is -2.40. The zero-order valence-corrected chi connectivity index (χ0v) is 10.1. The quantitative estimate of drug-likeness (QED) is 0.891. The summed E-state index contributed by atoms with van der Waals surface area (Å²) in [6.45, 7) is 2.10. The minimum Gasteiger partial charge on any atom is -0.337 e. The van der Waals surface area contributed by atoms with Crippen LogP contribution in [0.15, 0.2) is 4.52 Å². The van der Waals surface area contributed by atoms with Gasteiger partial charge in [-0.1, -0.05) is 18.5 Å². The van der Waals surface area contributed by atoms with Crippen LogP contribution in [-0.2, 0) is 11.7 Å². The van der Waals surface area contributed by atoms with Crippen LogP contribution in [0.3, 0.4) is 0 Å². The van der Waals surface area contributed by atoms with Crippen LogP contribution < -0.4 is 5.73 Å². The SMILES string of the molecule is CCC1CCC(N)(c2nc(C(F)(F)F)no2)CC1. The largest absolute Gasteiger partial charge is 0.455 e. The van der Waals surface area contributed by atoms with E-state index in [-0.39, 0.29) is 5.89 Å². The van der Waals surface area contributed by atoms with Gasteiger partial charge in [-0.25, -0.2) is 0 Å². The number of hydrogen-bond donors (Lipinski definition) is 1. The van der Waals surface area contributed by atoms with E-state index in [1.54, 1.807) is 0 Å². The second kappa shape index (κ2) is 4.53. The first-order valence-corrected chi connectivity index (χ1v) is 6.05. The van der Waals surface area contributed by atoms with Gasteiger partial charge < -0.3 is 10.3 Å². The molecule has 0 spiro atoms. The average molecular weight is 263 g/mol. The molecule has 0 amide bonds. The molecule has 0 bridgehead atoms. The Balaban J connectivity index is 2.14. The molecule has 2 rings (SSSR count). The molecule has 1 fully saturated rings. The number of alkyl halides is 3. The highest BCUT2D eigenvalue weighted by Gasteiger charge is 2.42. The maximum atomic E-state index is 12.4. The summed E-state index contributed by atoms with van der Waals surface area (Å²) in [6.07, 6.45) is -0.574. The summed E-state index contributed by atoms with van der Waals surface area (Å²) in [5.74, 6) is -0.754. The molecule has 0 aromatic carbocycles. The van der Waals surface area contributed by atoms with Crippen LogP contribution in [0.2, 0.25) is 0 Å². The molecule has 0 radical (unpaired) electrons. The van der Waals surface area contributed by atoms with Crippen molar-refractivity contribution in [1.29, 1.82) is 0 Å². The van der Waals surface area contributed by atoms with Crippen LogP contribution in [0, 0.1) is 5.92 Å². The second-order valence-electron chi connectivity index (χ2n) is 4.93. The van der Waals surface area contributed by atoms with E-state index < -0.39 is 17.5 Å². The lowest BCUT2D eigenvalue weighted by Gasteiger charge is -2.33. The number of nitrogens with zero attached hydrogens (tertiary/aromatic N) is 2. The predicted octanol–water partition coefficient (Wildman–Crippen LogP) is 2.84. The van der Waals surface area contributed by atoms with Crippen molar-refractivity contribution >= 4 is 0 Å². The van der Waals surface area contributed by atoms with Crippen molar-refractivity contribution in [3.05, 3.63) is 11.7 Å². The van der Waals surface area contributed by atoms with Crippen molar-refractivity contribution in [2.24, 2.45) is 11.7 Å². The predicted molar refractivity (Wildman–Crippen MR) is 57.4 cm³/mol. The van der Waals surface area contributed by atoms with E-state index in [2.05, 4.69) is 17.1 Å². The Morgan fingerprint density at radius 2 is 2.00 bits per heavy atom. The monoisotopic (exact) mass is 263 g/mol. The molecule has 0 unspecified atom stereocenters. The fraction of sp³-hybridized carbons (Fsp3) is 0.818. The number of rotatable bonds is 2. The summed E-state index contributed by atoms with van der Waals surface area (Å²) in [4.78, 5) is 3.40. The molecule has 0 atom stereocenters. The van der Waals surface area contributed by atoms with Gasteiger partial charge in [0.25, 0.3) is 5.82 Å². The molecule has 0 saturated heterocycles. The van der Waals surface area contributed by atoms with Gasteiger partial charge in [-0.3, -0.25) is 0 Å². The summed E-state index contributed by atoms with van der Waals surface area (Å²) < 4.78 is 41.8.